The number of fused-ring (bicyclic) bond motifs is 1. The second-order valence-corrected chi connectivity index (χ2v) is 7.42. The maximum absolute atomic E-state index is 12.5. The minimum absolute atomic E-state index is 0.00444. The third-order valence-corrected chi connectivity index (χ3v) is 5.42. The number of halogens is 1. The largest absolute Gasteiger partial charge is 0.306 e. The van der Waals surface area contributed by atoms with Crippen molar-refractivity contribution >= 4 is 11.6 Å². The molecule has 0 saturated carbocycles. The van der Waals surface area contributed by atoms with Crippen LogP contribution in [-0.2, 0) is 13.0 Å². The average molecular weight is 356 g/mol. The molecule has 25 heavy (non-hydrogen) atoms. The van der Waals surface area contributed by atoms with Crippen molar-refractivity contribution in [1.82, 2.24) is 14.9 Å². The molecule has 2 aromatic rings. The summed E-state index contributed by atoms with van der Waals surface area (Å²) >= 11 is 5.95. The highest BCUT2D eigenvalue weighted by Gasteiger charge is 2.23. The summed E-state index contributed by atoms with van der Waals surface area (Å²) < 4.78 is 0. The first-order valence-corrected chi connectivity index (χ1v) is 9.32. The summed E-state index contributed by atoms with van der Waals surface area (Å²) in [6.45, 7) is 2.80. The number of nitrogens with zero attached hydrogens (tertiary/aromatic N) is 2. The van der Waals surface area contributed by atoms with Gasteiger partial charge in [0.15, 0.2) is 0 Å². The number of aromatic nitrogens is 2. The molecule has 4 nitrogen and oxygen atoms in total. The van der Waals surface area contributed by atoms with Crippen molar-refractivity contribution in [3.63, 3.8) is 0 Å². The molecule has 5 heteroatoms. The molecule has 130 valence electrons. The van der Waals surface area contributed by atoms with Crippen LogP contribution in [0, 0.1) is 5.92 Å². The Bertz CT molecular complexity index is 841. The molecule has 4 rings (SSSR count). The fourth-order valence-electron chi connectivity index (χ4n) is 3.78. The van der Waals surface area contributed by atoms with Gasteiger partial charge in [-0.25, -0.2) is 4.98 Å². The first-order valence-electron chi connectivity index (χ1n) is 8.94. The lowest BCUT2D eigenvalue weighted by atomic mass is 9.93. The average Bonchev–Trinajstić information content (AvgIpc) is 2.63. The summed E-state index contributed by atoms with van der Waals surface area (Å²) in [5, 5.41) is 0.678. The van der Waals surface area contributed by atoms with Gasteiger partial charge in [0.2, 0.25) is 0 Å². The third kappa shape index (κ3) is 3.70. The number of allylic oxidation sites excluding steroid dienone is 2. The fourth-order valence-corrected chi connectivity index (χ4v) is 3.91. The topological polar surface area (TPSA) is 49.0 Å². The molecule has 0 bridgehead atoms. The first-order chi connectivity index (χ1) is 12.2. The van der Waals surface area contributed by atoms with Gasteiger partial charge in [-0.05, 0) is 55.9 Å². The van der Waals surface area contributed by atoms with E-state index in [1.54, 1.807) is 0 Å². The van der Waals surface area contributed by atoms with Crippen LogP contribution in [0.15, 0.2) is 41.2 Å². The normalized spacial score (nSPS) is 20.4. The van der Waals surface area contributed by atoms with Gasteiger partial charge in [-0.3, -0.25) is 9.69 Å². The van der Waals surface area contributed by atoms with E-state index in [4.69, 9.17) is 16.6 Å². The van der Waals surface area contributed by atoms with E-state index in [1.807, 2.05) is 24.3 Å². The van der Waals surface area contributed by atoms with Gasteiger partial charge in [0.25, 0.3) is 5.56 Å². The van der Waals surface area contributed by atoms with Gasteiger partial charge in [0.05, 0.1) is 5.69 Å². The van der Waals surface area contributed by atoms with Crippen molar-refractivity contribution in [2.24, 2.45) is 5.92 Å². The van der Waals surface area contributed by atoms with Crippen LogP contribution in [-0.4, -0.2) is 28.0 Å². The number of nitrogens with one attached hydrogen (secondary N) is 1. The Morgan fingerprint density at radius 3 is 2.84 bits per heavy atom. The Hall–Kier alpha value is -1.91. The van der Waals surface area contributed by atoms with E-state index in [9.17, 15) is 4.79 Å². The third-order valence-electron chi connectivity index (χ3n) is 5.16. The smallest absolute Gasteiger partial charge is 0.254 e. The van der Waals surface area contributed by atoms with Gasteiger partial charge in [-0.15, -0.1) is 0 Å². The SMILES string of the molecule is O=c1[nH]c(-c2ccc(Cl)cc2)nc2c1CCN(CC1CC=CCC1)C2. The van der Waals surface area contributed by atoms with Gasteiger partial charge in [0.1, 0.15) is 5.82 Å². The molecular formula is C20H22ClN3O. The van der Waals surface area contributed by atoms with Crippen molar-refractivity contribution in [3.05, 3.63) is 63.1 Å². The molecule has 1 aliphatic carbocycles. The maximum Gasteiger partial charge on any atom is 0.254 e. The summed E-state index contributed by atoms with van der Waals surface area (Å²) in [6, 6.07) is 7.42. The molecule has 2 aliphatic rings. The second-order valence-electron chi connectivity index (χ2n) is 6.98. The monoisotopic (exact) mass is 355 g/mol. The number of aromatic amines is 1. The lowest BCUT2D eigenvalue weighted by Gasteiger charge is -2.31. The van der Waals surface area contributed by atoms with Crippen molar-refractivity contribution in [1.29, 1.82) is 0 Å². The van der Waals surface area contributed by atoms with Gasteiger partial charge in [0, 0.05) is 35.8 Å². The quantitative estimate of drug-likeness (QED) is 0.852. The molecule has 1 aromatic carbocycles. The maximum atomic E-state index is 12.5. The van der Waals surface area contributed by atoms with Crippen molar-refractivity contribution in [3.8, 4) is 11.4 Å². The molecule has 0 fully saturated rings. The predicted octanol–water partition coefficient (Wildman–Crippen LogP) is 3.80. The zero-order valence-electron chi connectivity index (χ0n) is 14.2. The standard InChI is InChI=1S/C20H22ClN3O/c21-16-8-6-15(7-9-16)19-22-18-13-24(11-10-17(18)20(25)23-19)12-14-4-2-1-3-5-14/h1-2,6-9,14H,3-5,10-13H2,(H,22,23,25). The molecule has 1 unspecified atom stereocenters. The minimum Gasteiger partial charge on any atom is -0.306 e. The van der Waals surface area contributed by atoms with E-state index < -0.39 is 0 Å². The Balaban J connectivity index is 1.57. The zero-order valence-corrected chi connectivity index (χ0v) is 14.9. The van der Waals surface area contributed by atoms with E-state index in [-0.39, 0.29) is 5.56 Å². The molecule has 0 spiro atoms. The molecule has 1 aliphatic heterocycles. The number of benzene rings is 1. The molecule has 0 saturated heterocycles. The van der Waals surface area contributed by atoms with Crippen LogP contribution in [0.25, 0.3) is 11.4 Å². The summed E-state index contributed by atoms with van der Waals surface area (Å²) in [5.41, 5.74) is 2.65. The fraction of sp³-hybridized carbons (Fsp3) is 0.400. The van der Waals surface area contributed by atoms with Crippen LogP contribution in [0.1, 0.15) is 30.5 Å². The van der Waals surface area contributed by atoms with Gasteiger partial charge in [-0.2, -0.15) is 0 Å². The van der Waals surface area contributed by atoms with Crippen molar-refractivity contribution in [2.45, 2.75) is 32.2 Å². The number of hydrogen-bond acceptors (Lipinski definition) is 3. The van der Waals surface area contributed by atoms with Crippen LogP contribution in [0.2, 0.25) is 5.02 Å². The predicted molar refractivity (Wildman–Crippen MR) is 101 cm³/mol. The zero-order chi connectivity index (χ0) is 17.2. The van der Waals surface area contributed by atoms with E-state index >= 15 is 0 Å². The van der Waals surface area contributed by atoms with Crippen LogP contribution in [0.3, 0.4) is 0 Å². The number of H-pyrrole nitrogens is 1. The highest BCUT2D eigenvalue weighted by molar-refractivity contribution is 6.30. The Labute approximate surface area is 152 Å². The Kier molecular flexibility index (Phi) is 4.73. The van der Waals surface area contributed by atoms with Crippen LogP contribution >= 0.6 is 11.6 Å². The van der Waals surface area contributed by atoms with E-state index in [0.29, 0.717) is 10.8 Å². The molecule has 1 aromatic heterocycles. The second kappa shape index (κ2) is 7.14. The first kappa shape index (κ1) is 16.6. The van der Waals surface area contributed by atoms with Crippen molar-refractivity contribution < 1.29 is 0 Å². The molecule has 0 amide bonds. The molecular weight excluding hydrogens is 334 g/mol. The van der Waals surface area contributed by atoms with Crippen LogP contribution in [0.5, 0.6) is 0 Å². The van der Waals surface area contributed by atoms with E-state index in [1.165, 1.54) is 19.3 Å². The lowest BCUT2D eigenvalue weighted by Crippen LogP contribution is -2.38. The molecule has 0 radical (unpaired) electrons. The number of rotatable bonds is 3. The van der Waals surface area contributed by atoms with Gasteiger partial charge >= 0.3 is 0 Å². The lowest BCUT2D eigenvalue weighted by molar-refractivity contribution is 0.203. The highest BCUT2D eigenvalue weighted by Crippen LogP contribution is 2.24. The van der Waals surface area contributed by atoms with Crippen molar-refractivity contribution in [2.75, 3.05) is 13.1 Å². The Morgan fingerprint density at radius 2 is 2.08 bits per heavy atom. The molecule has 1 N–H and O–H groups in total. The summed E-state index contributed by atoms with van der Waals surface area (Å²) in [4.78, 5) is 22.6. The Morgan fingerprint density at radius 1 is 1.24 bits per heavy atom. The summed E-state index contributed by atoms with van der Waals surface area (Å²) in [5.74, 6) is 1.35. The van der Waals surface area contributed by atoms with Crippen LogP contribution in [0.4, 0.5) is 0 Å². The van der Waals surface area contributed by atoms with Gasteiger partial charge in [-0.1, -0.05) is 23.8 Å². The summed E-state index contributed by atoms with van der Waals surface area (Å²) in [7, 11) is 0. The number of hydrogen-bond donors (Lipinski definition) is 1. The van der Waals surface area contributed by atoms with E-state index in [0.717, 1.165) is 48.8 Å². The highest BCUT2D eigenvalue weighted by atomic mass is 35.5. The van der Waals surface area contributed by atoms with Crippen LogP contribution < -0.4 is 5.56 Å². The molecule has 2 heterocycles. The van der Waals surface area contributed by atoms with E-state index in [2.05, 4.69) is 22.0 Å². The molecule has 1 atom stereocenters. The summed E-state index contributed by atoms with van der Waals surface area (Å²) in [6.07, 6.45) is 8.98. The minimum atomic E-state index is -0.00444. The van der Waals surface area contributed by atoms with Gasteiger partial charge < -0.3 is 4.98 Å².